The van der Waals surface area contributed by atoms with Gasteiger partial charge in [0.1, 0.15) is 5.78 Å². The molecule has 0 N–H and O–H groups in total. The Morgan fingerprint density at radius 1 is 0.613 bits per heavy atom. The van der Waals surface area contributed by atoms with E-state index in [1.807, 2.05) is 0 Å². The Bertz CT molecular complexity index is 515. The minimum Gasteiger partial charge on any atom is -0.324 e. The standard InChI is InChI=1S/C12H25O2P.C9H17ClO.C3H9OP/c1-4-5-6-7-8-9-10-12(13)11-15(2,3)14;1-2-3-4-5-6-7-8-9(10)11;1-5(2,3)4/h4-11H2,1-3H3;2-8H2,1H3;1-3H3. The lowest BCUT2D eigenvalue weighted by Crippen LogP contribution is -2.04. The molecule has 0 aliphatic rings. The predicted octanol–water partition coefficient (Wildman–Crippen LogP) is 8.67. The van der Waals surface area contributed by atoms with Crippen molar-refractivity contribution < 1.29 is 18.7 Å². The van der Waals surface area contributed by atoms with Crippen LogP contribution in [0.1, 0.15) is 104 Å². The van der Waals surface area contributed by atoms with Crippen molar-refractivity contribution in [2.24, 2.45) is 0 Å². The maximum absolute atomic E-state index is 11.4. The molecule has 0 unspecified atom stereocenters. The van der Waals surface area contributed by atoms with Crippen molar-refractivity contribution in [1.82, 2.24) is 0 Å². The number of carbonyl (C=O) groups is 2. The van der Waals surface area contributed by atoms with Gasteiger partial charge in [-0.15, -0.1) is 0 Å². The lowest BCUT2D eigenvalue weighted by Gasteiger charge is -2.05. The Kier molecular flexibility index (Phi) is 26.8. The van der Waals surface area contributed by atoms with E-state index >= 15 is 0 Å². The molecule has 31 heavy (non-hydrogen) atoms. The van der Waals surface area contributed by atoms with Crippen LogP contribution in [-0.2, 0) is 18.7 Å². The largest absolute Gasteiger partial charge is 0.324 e. The van der Waals surface area contributed by atoms with Gasteiger partial charge in [0, 0.05) is 12.8 Å². The van der Waals surface area contributed by atoms with Crippen LogP contribution in [0.4, 0.5) is 0 Å². The maximum Gasteiger partial charge on any atom is 0.221 e. The molecule has 0 bridgehead atoms. The first-order valence-electron chi connectivity index (χ1n) is 12.0. The van der Waals surface area contributed by atoms with Crippen molar-refractivity contribution in [3.8, 4) is 0 Å². The molecule has 0 rings (SSSR count). The van der Waals surface area contributed by atoms with E-state index < -0.39 is 14.3 Å². The normalized spacial score (nSPS) is 11.1. The fourth-order valence-corrected chi connectivity index (χ4v) is 3.79. The Labute approximate surface area is 198 Å². The summed E-state index contributed by atoms with van der Waals surface area (Å²) >= 11 is 5.18. The minimum absolute atomic E-state index is 0.179. The number of rotatable bonds is 16. The van der Waals surface area contributed by atoms with E-state index in [2.05, 4.69) is 13.8 Å². The summed E-state index contributed by atoms with van der Waals surface area (Å²) in [4.78, 5) is 21.7. The number of unbranched alkanes of at least 4 members (excludes halogenated alkanes) is 10. The number of ketones is 1. The highest BCUT2D eigenvalue weighted by atomic mass is 35.5. The van der Waals surface area contributed by atoms with Gasteiger partial charge in [-0.1, -0.05) is 78.1 Å². The fraction of sp³-hybridized carbons (Fsp3) is 0.917. The van der Waals surface area contributed by atoms with Crippen LogP contribution in [0, 0.1) is 0 Å². The molecular formula is C24H51ClO4P2. The fourth-order valence-electron chi connectivity index (χ4n) is 2.65. The highest BCUT2D eigenvalue weighted by molar-refractivity contribution is 7.63. The molecule has 0 amide bonds. The second-order valence-electron chi connectivity index (χ2n) is 9.55. The Hall–Kier alpha value is 0.0900. The van der Waals surface area contributed by atoms with E-state index in [1.54, 1.807) is 33.3 Å². The summed E-state index contributed by atoms with van der Waals surface area (Å²) in [5, 5.41) is -0.194. The molecular weight excluding hydrogens is 450 g/mol. The van der Waals surface area contributed by atoms with E-state index in [0.717, 1.165) is 25.7 Å². The molecule has 0 aromatic rings. The first-order valence-corrected chi connectivity index (χ1v) is 18.2. The maximum atomic E-state index is 11.4. The molecule has 0 aliphatic heterocycles. The lowest BCUT2D eigenvalue weighted by atomic mass is 10.1. The van der Waals surface area contributed by atoms with E-state index in [-0.39, 0.29) is 11.0 Å². The number of hydrogen-bond acceptors (Lipinski definition) is 4. The van der Waals surface area contributed by atoms with Gasteiger partial charge in [0.25, 0.3) is 0 Å². The quantitative estimate of drug-likeness (QED) is 0.121. The number of carbonyl (C=O) groups excluding carboxylic acids is 2. The van der Waals surface area contributed by atoms with Crippen LogP contribution in [0.5, 0.6) is 0 Å². The van der Waals surface area contributed by atoms with Crippen molar-refractivity contribution in [3.05, 3.63) is 0 Å². The van der Waals surface area contributed by atoms with Crippen LogP contribution in [-0.4, -0.2) is 50.5 Å². The van der Waals surface area contributed by atoms with E-state index in [1.165, 1.54) is 51.4 Å². The van der Waals surface area contributed by atoms with E-state index in [9.17, 15) is 18.7 Å². The van der Waals surface area contributed by atoms with Crippen molar-refractivity contribution >= 4 is 36.9 Å². The third-order valence-electron chi connectivity index (χ3n) is 4.09. The lowest BCUT2D eigenvalue weighted by molar-refractivity contribution is -0.116. The molecule has 7 heteroatoms. The van der Waals surface area contributed by atoms with Crippen LogP contribution in [0.15, 0.2) is 0 Å². The molecule has 0 fully saturated rings. The summed E-state index contributed by atoms with van der Waals surface area (Å²) in [7, 11) is -3.78. The molecule has 0 saturated carbocycles. The third kappa shape index (κ3) is 53.4. The van der Waals surface area contributed by atoms with E-state index in [4.69, 9.17) is 11.6 Å². The van der Waals surface area contributed by atoms with Crippen LogP contribution in [0.2, 0.25) is 0 Å². The van der Waals surface area contributed by atoms with Gasteiger partial charge in [-0.2, -0.15) is 0 Å². The number of hydrogen-bond donors (Lipinski definition) is 0. The highest BCUT2D eigenvalue weighted by Crippen LogP contribution is 2.35. The number of Topliss-reactive ketones (excluding diaryl/α,β-unsaturated/α-hetero) is 1. The summed E-state index contributed by atoms with van der Waals surface area (Å²) in [5.74, 6) is 0.179. The van der Waals surface area contributed by atoms with Crippen molar-refractivity contribution in [2.45, 2.75) is 104 Å². The van der Waals surface area contributed by atoms with Crippen molar-refractivity contribution in [1.29, 1.82) is 0 Å². The summed E-state index contributed by atoms with van der Waals surface area (Å²) < 4.78 is 21.6. The topological polar surface area (TPSA) is 68.3 Å². The average molecular weight is 501 g/mol. The zero-order chi connectivity index (χ0) is 24.8. The van der Waals surface area contributed by atoms with Gasteiger partial charge in [-0.05, 0) is 57.8 Å². The third-order valence-corrected chi connectivity index (χ3v) is 5.40. The van der Waals surface area contributed by atoms with Gasteiger partial charge in [0.05, 0.1) is 20.4 Å². The SMILES string of the molecule is CCCCCCCCC(=O)CP(C)(C)=O.CCCCCCCCC(=O)Cl.CP(C)(C)=O. The highest BCUT2D eigenvalue weighted by Gasteiger charge is 2.12. The van der Waals surface area contributed by atoms with Crippen molar-refractivity contribution in [3.63, 3.8) is 0 Å². The van der Waals surface area contributed by atoms with Crippen LogP contribution in [0.25, 0.3) is 0 Å². The van der Waals surface area contributed by atoms with Crippen LogP contribution in [0.3, 0.4) is 0 Å². The van der Waals surface area contributed by atoms with Gasteiger partial charge < -0.3 is 9.13 Å². The monoisotopic (exact) mass is 500 g/mol. The smallest absolute Gasteiger partial charge is 0.221 e. The molecule has 0 spiro atoms. The second kappa shape index (κ2) is 23.3. The van der Waals surface area contributed by atoms with Gasteiger partial charge in [-0.25, -0.2) is 0 Å². The number of halogens is 1. The summed E-state index contributed by atoms with van der Waals surface area (Å²) in [6, 6.07) is 0. The van der Waals surface area contributed by atoms with Crippen LogP contribution < -0.4 is 0 Å². The summed E-state index contributed by atoms with van der Waals surface area (Å²) in [5.41, 5.74) is 0. The average Bonchev–Trinajstić information content (AvgIpc) is 2.58. The van der Waals surface area contributed by atoms with Gasteiger partial charge in [-0.3, -0.25) is 9.59 Å². The Balaban J connectivity index is -0.000000428. The minimum atomic E-state index is -2.14. The van der Waals surface area contributed by atoms with Gasteiger partial charge >= 0.3 is 0 Å². The summed E-state index contributed by atoms with van der Waals surface area (Å²) in [6.07, 6.45) is 15.9. The Morgan fingerprint density at radius 2 is 0.935 bits per heavy atom. The molecule has 0 atom stereocenters. The molecule has 188 valence electrons. The van der Waals surface area contributed by atoms with Crippen LogP contribution >= 0.6 is 25.9 Å². The van der Waals surface area contributed by atoms with E-state index in [0.29, 0.717) is 19.0 Å². The Morgan fingerprint density at radius 3 is 1.26 bits per heavy atom. The molecule has 0 aromatic carbocycles. The summed E-state index contributed by atoms with van der Waals surface area (Å²) in [6.45, 7) is 13.0. The second-order valence-corrected chi connectivity index (χ2v) is 17.2. The molecule has 4 nitrogen and oxygen atoms in total. The first kappa shape index (κ1) is 35.7. The molecule has 0 aromatic heterocycles. The predicted molar refractivity (Wildman–Crippen MR) is 142 cm³/mol. The van der Waals surface area contributed by atoms with Gasteiger partial charge in [0.2, 0.25) is 5.24 Å². The zero-order valence-electron chi connectivity index (χ0n) is 21.5. The zero-order valence-corrected chi connectivity index (χ0v) is 24.1. The molecule has 0 saturated heterocycles. The van der Waals surface area contributed by atoms with Crippen molar-refractivity contribution in [2.75, 3.05) is 39.5 Å². The van der Waals surface area contributed by atoms with Gasteiger partial charge in [0.15, 0.2) is 0 Å². The first-order chi connectivity index (χ1) is 14.2. The molecule has 0 heterocycles. The molecule has 0 radical (unpaired) electrons. The molecule has 0 aliphatic carbocycles.